The Bertz CT molecular complexity index is 1060. The number of aromatic nitrogens is 6. The standard InChI is InChI=1S/C20H28N8O2/c1-12-14(13(2)21-17-16(12)18(30-4)26-27(17)3)8-9-15(29)22-19-23-20(25-24-19)28-10-6-5-7-11-28/h5-11H2,1-4H3,(H2,22,23,24,25,29). The molecule has 3 aromatic heterocycles. The van der Waals surface area contributed by atoms with Gasteiger partial charge < -0.3 is 9.64 Å². The highest BCUT2D eigenvalue weighted by Crippen LogP contribution is 2.30. The third kappa shape index (κ3) is 3.81. The number of aromatic amines is 1. The number of rotatable bonds is 6. The molecular formula is C20H28N8O2. The predicted molar refractivity (Wildman–Crippen MR) is 114 cm³/mol. The lowest BCUT2D eigenvalue weighted by Gasteiger charge is -2.24. The average Bonchev–Trinajstić information content (AvgIpc) is 3.33. The largest absolute Gasteiger partial charge is 0.479 e. The molecule has 0 bridgehead atoms. The number of anilines is 2. The van der Waals surface area contributed by atoms with Crippen molar-refractivity contribution in [1.82, 2.24) is 29.9 Å². The van der Waals surface area contributed by atoms with Gasteiger partial charge in [-0.05, 0) is 50.7 Å². The molecule has 10 heteroatoms. The Morgan fingerprint density at radius 2 is 1.97 bits per heavy atom. The summed E-state index contributed by atoms with van der Waals surface area (Å²) in [7, 11) is 3.45. The van der Waals surface area contributed by atoms with Gasteiger partial charge in [0.1, 0.15) is 0 Å². The zero-order valence-corrected chi connectivity index (χ0v) is 17.9. The first-order valence-electron chi connectivity index (χ1n) is 10.3. The van der Waals surface area contributed by atoms with Crippen LogP contribution in [0.1, 0.15) is 42.5 Å². The summed E-state index contributed by atoms with van der Waals surface area (Å²) in [5.74, 6) is 1.47. The molecule has 0 unspecified atom stereocenters. The molecule has 0 aromatic carbocycles. The molecule has 160 valence electrons. The van der Waals surface area contributed by atoms with Crippen molar-refractivity contribution in [1.29, 1.82) is 0 Å². The number of nitrogens with zero attached hydrogens (tertiary/aromatic N) is 6. The van der Waals surface area contributed by atoms with E-state index in [2.05, 4.69) is 35.5 Å². The summed E-state index contributed by atoms with van der Waals surface area (Å²) >= 11 is 0. The van der Waals surface area contributed by atoms with Gasteiger partial charge >= 0.3 is 0 Å². The van der Waals surface area contributed by atoms with Crippen molar-refractivity contribution in [2.24, 2.45) is 7.05 Å². The number of H-pyrrole nitrogens is 1. The van der Waals surface area contributed by atoms with E-state index in [-0.39, 0.29) is 5.91 Å². The fourth-order valence-electron chi connectivity index (χ4n) is 4.08. The molecule has 1 aliphatic heterocycles. The van der Waals surface area contributed by atoms with Crippen LogP contribution in [0.4, 0.5) is 11.9 Å². The van der Waals surface area contributed by atoms with Crippen LogP contribution in [0.15, 0.2) is 0 Å². The van der Waals surface area contributed by atoms with Gasteiger partial charge in [-0.3, -0.25) is 10.1 Å². The summed E-state index contributed by atoms with van der Waals surface area (Å²) in [6.45, 7) is 5.89. The Hall–Kier alpha value is -3.17. The fraction of sp³-hybridized carbons (Fsp3) is 0.550. The van der Waals surface area contributed by atoms with E-state index in [0.29, 0.717) is 30.6 Å². The second kappa shape index (κ2) is 8.29. The molecule has 30 heavy (non-hydrogen) atoms. The van der Waals surface area contributed by atoms with Crippen LogP contribution in [0.5, 0.6) is 5.88 Å². The number of methoxy groups -OCH3 is 1. The molecule has 0 radical (unpaired) electrons. The van der Waals surface area contributed by atoms with E-state index in [4.69, 9.17) is 4.74 Å². The first-order chi connectivity index (χ1) is 14.5. The third-order valence-electron chi connectivity index (χ3n) is 5.69. The molecule has 1 saturated heterocycles. The predicted octanol–water partition coefficient (Wildman–Crippen LogP) is 2.27. The molecule has 4 rings (SSSR count). The van der Waals surface area contributed by atoms with Crippen molar-refractivity contribution >= 4 is 28.8 Å². The van der Waals surface area contributed by atoms with Crippen LogP contribution in [0.2, 0.25) is 0 Å². The smallest absolute Gasteiger partial charge is 0.246 e. The number of carbonyl (C=O) groups excluding carboxylic acids is 1. The number of fused-ring (bicyclic) bond motifs is 1. The van der Waals surface area contributed by atoms with E-state index in [1.807, 2.05) is 20.9 Å². The van der Waals surface area contributed by atoms with E-state index in [1.165, 1.54) is 6.42 Å². The van der Waals surface area contributed by atoms with E-state index >= 15 is 0 Å². The third-order valence-corrected chi connectivity index (χ3v) is 5.69. The molecule has 1 amide bonds. The first-order valence-corrected chi connectivity index (χ1v) is 10.3. The van der Waals surface area contributed by atoms with Crippen LogP contribution >= 0.6 is 0 Å². The first kappa shape index (κ1) is 20.1. The quantitative estimate of drug-likeness (QED) is 0.638. The van der Waals surface area contributed by atoms with Crippen LogP contribution in [-0.4, -0.2) is 56.1 Å². The van der Waals surface area contributed by atoms with E-state index < -0.39 is 0 Å². The van der Waals surface area contributed by atoms with Crippen LogP contribution in [0.3, 0.4) is 0 Å². The summed E-state index contributed by atoms with van der Waals surface area (Å²) < 4.78 is 7.12. The van der Waals surface area contributed by atoms with Crippen LogP contribution in [0, 0.1) is 13.8 Å². The molecule has 3 aromatic rings. The zero-order chi connectivity index (χ0) is 21.3. The number of pyridine rings is 1. The lowest BCUT2D eigenvalue weighted by molar-refractivity contribution is -0.116. The van der Waals surface area contributed by atoms with Gasteiger partial charge in [0.15, 0.2) is 5.65 Å². The maximum Gasteiger partial charge on any atom is 0.246 e. The normalized spacial score (nSPS) is 14.3. The van der Waals surface area contributed by atoms with E-state index in [1.54, 1.807) is 11.8 Å². The fourth-order valence-corrected chi connectivity index (χ4v) is 4.08. The van der Waals surface area contributed by atoms with Crippen molar-refractivity contribution in [3.63, 3.8) is 0 Å². The van der Waals surface area contributed by atoms with Gasteiger partial charge in [-0.15, -0.1) is 10.2 Å². The monoisotopic (exact) mass is 412 g/mol. The number of aryl methyl sites for hydroxylation is 3. The lowest BCUT2D eigenvalue weighted by atomic mass is 10.00. The minimum Gasteiger partial charge on any atom is -0.479 e. The van der Waals surface area contributed by atoms with Crippen molar-refractivity contribution in [3.8, 4) is 5.88 Å². The second-order valence-corrected chi connectivity index (χ2v) is 7.71. The number of carbonyl (C=O) groups is 1. The summed E-state index contributed by atoms with van der Waals surface area (Å²) in [6.07, 6.45) is 4.42. The van der Waals surface area contributed by atoms with Crippen molar-refractivity contribution in [3.05, 3.63) is 16.8 Å². The summed E-state index contributed by atoms with van der Waals surface area (Å²) in [4.78, 5) is 23.7. The highest BCUT2D eigenvalue weighted by atomic mass is 16.5. The Balaban J connectivity index is 1.44. The van der Waals surface area contributed by atoms with E-state index in [0.717, 1.165) is 53.8 Å². The molecule has 2 N–H and O–H groups in total. The maximum atomic E-state index is 12.5. The molecule has 1 aliphatic rings. The van der Waals surface area contributed by atoms with Gasteiger partial charge in [-0.1, -0.05) is 0 Å². The topological polar surface area (TPSA) is 114 Å². The number of amides is 1. The van der Waals surface area contributed by atoms with Crippen molar-refractivity contribution < 1.29 is 9.53 Å². The highest BCUT2D eigenvalue weighted by Gasteiger charge is 2.19. The van der Waals surface area contributed by atoms with Gasteiger partial charge in [0.2, 0.25) is 23.7 Å². The van der Waals surface area contributed by atoms with Gasteiger partial charge in [-0.25, -0.2) is 14.8 Å². The molecule has 0 atom stereocenters. The van der Waals surface area contributed by atoms with Crippen molar-refractivity contribution in [2.75, 3.05) is 30.4 Å². The molecule has 0 spiro atoms. The Morgan fingerprint density at radius 1 is 1.20 bits per heavy atom. The molecule has 4 heterocycles. The summed E-state index contributed by atoms with van der Waals surface area (Å²) in [6, 6.07) is 0. The number of nitrogens with one attached hydrogen (secondary N) is 2. The van der Waals surface area contributed by atoms with Gasteiger partial charge in [-0.2, -0.15) is 4.98 Å². The SMILES string of the molecule is COc1nn(C)c2nc(C)c(CCC(=O)Nc3nc(N4CCCCC4)n[nH]3)c(C)c12. The molecular weight excluding hydrogens is 384 g/mol. The van der Waals surface area contributed by atoms with Gasteiger partial charge in [0.25, 0.3) is 0 Å². The zero-order valence-electron chi connectivity index (χ0n) is 17.9. The summed E-state index contributed by atoms with van der Waals surface area (Å²) in [5, 5.41) is 15.1. The van der Waals surface area contributed by atoms with E-state index in [9.17, 15) is 4.79 Å². The van der Waals surface area contributed by atoms with Crippen LogP contribution in [-0.2, 0) is 18.3 Å². The number of hydrogen-bond acceptors (Lipinski definition) is 7. The molecule has 10 nitrogen and oxygen atoms in total. The minimum absolute atomic E-state index is 0.117. The van der Waals surface area contributed by atoms with Gasteiger partial charge in [0, 0.05) is 32.3 Å². The van der Waals surface area contributed by atoms with Gasteiger partial charge in [0.05, 0.1) is 12.5 Å². The maximum absolute atomic E-state index is 12.5. The van der Waals surface area contributed by atoms with Crippen LogP contribution in [0.25, 0.3) is 11.0 Å². The molecule has 0 saturated carbocycles. The number of piperidine rings is 1. The average molecular weight is 412 g/mol. The van der Waals surface area contributed by atoms with Crippen LogP contribution < -0.4 is 15.0 Å². The van der Waals surface area contributed by atoms with Crippen molar-refractivity contribution in [2.45, 2.75) is 46.0 Å². The Kier molecular flexibility index (Phi) is 5.56. The minimum atomic E-state index is -0.117. The molecule has 1 fully saturated rings. The summed E-state index contributed by atoms with van der Waals surface area (Å²) in [5.41, 5.74) is 3.75. The highest BCUT2D eigenvalue weighted by molar-refractivity contribution is 5.90. The molecule has 0 aliphatic carbocycles. The number of hydrogen-bond donors (Lipinski definition) is 2. The second-order valence-electron chi connectivity index (χ2n) is 7.71. The Labute approximate surface area is 175 Å². The lowest BCUT2D eigenvalue weighted by Crippen LogP contribution is -2.30. The Morgan fingerprint density at radius 3 is 2.70 bits per heavy atom. The number of ether oxygens (including phenoxy) is 1.